The fourth-order valence-corrected chi connectivity index (χ4v) is 3.13. The van der Waals surface area contributed by atoms with Gasteiger partial charge in [-0.15, -0.1) is 0 Å². The topological polar surface area (TPSA) is 120 Å². The smallest absolute Gasteiger partial charge is 0.332 e. The van der Waals surface area contributed by atoms with Crippen molar-refractivity contribution < 1.29 is 9.59 Å². The van der Waals surface area contributed by atoms with Gasteiger partial charge in [-0.3, -0.25) is 24.0 Å². The van der Waals surface area contributed by atoms with Gasteiger partial charge in [-0.1, -0.05) is 12.8 Å². The molecular weight excluding hydrogens is 328 g/mol. The van der Waals surface area contributed by atoms with Gasteiger partial charge in [0.15, 0.2) is 11.2 Å². The maximum Gasteiger partial charge on any atom is 0.332 e. The fourth-order valence-electron chi connectivity index (χ4n) is 3.13. The third kappa shape index (κ3) is 3.19. The number of nitrogens with one attached hydrogen (secondary N) is 2. The summed E-state index contributed by atoms with van der Waals surface area (Å²) in [5, 5.41) is 5.01. The molecule has 0 atom stereocenters. The second-order valence-electron chi connectivity index (χ2n) is 6.25. The first-order valence-electron chi connectivity index (χ1n) is 8.09. The van der Waals surface area contributed by atoms with E-state index in [1.807, 2.05) is 0 Å². The first-order chi connectivity index (χ1) is 11.9. The third-order valence-corrected chi connectivity index (χ3v) is 4.47. The number of nitrogens with zero attached hydrogens (tertiary/aromatic N) is 4. The van der Waals surface area contributed by atoms with Gasteiger partial charge >= 0.3 is 11.7 Å². The summed E-state index contributed by atoms with van der Waals surface area (Å²) in [5.74, 6) is -0.564. The van der Waals surface area contributed by atoms with Crippen LogP contribution in [0, 0.1) is 0 Å². The van der Waals surface area contributed by atoms with Gasteiger partial charge in [0.25, 0.3) is 5.56 Å². The van der Waals surface area contributed by atoms with E-state index in [4.69, 9.17) is 0 Å². The van der Waals surface area contributed by atoms with E-state index in [2.05, 4.69) is 15.6 Å². The first-order valence-corrected chi connectivity index (χ1v) is 8.09. The zero-order valence-electron chi connectivity index (χ0n) is 14.1. The molecule has 0 aliphatic heterocycles. The van der Waals surface area contributed by atoms with Crippen LogP contribution in [0.1, 0.15) is 25.7 Å². The molecule has 25 heavy (non-hydrogen) atoms. The van der Waals surface area contributed by atoms with Crippen LogP contribution < -0.4 is 21.9 Å². The van der Waals surface area contributed by atoms with E-state index in [-0.39, 0.29) is 23.8 Å². The quantitative estimate of drug-likeness (QED) is 0.753. The van der Waals surface area contributed by atoms with Crippen LogP contribution in [-0.2, 0) is 25.4 Å². The van der Waals surface area contributed by atoms with Crippen LogP contribution in [0.3, 0.4) is 0 Å². The van der Waals surface area contributed by atoms with E-state index < -0.39 is 23.2 Å². The summed E-state index contributed by atoms with van der Waals surface area (Å²) >= 11 is 0. The Labute approximate surface area is 142 Å². The fraction of sp³-hybridized carbons (Fsp3) is 0.533. The van der Waals surface area contributed by atoms with Gasteiger partial charge in [0.2, 0.25) is 5.91 Å². The lowest BCUT2D eigenvalue weighted by Gasteiger charge is -2.12. The van der Waals surface area contributed by atoms with Gasteiger partial charge in [-0.2, -0.15) is 0 Å². The van der Waals surface area contributed by atoms with E-state index in [0.29, 0.717) is 0 Å². The first kappa shape index (κ1) is 16.9. The Morgan fingerprint density at radius 1 is 1.20 bits per heavy atom. The van der Waals surface area contributed by atoms with Crippen molar-refractivity contribution >= 4 is 23.1 Å². The lowest BCUT2D eigenvalue weighted by atomic mass is 10.2. The van der Waals surface area contributed by atoms with E-state index in [0.717, 1.165) is 30.3 Å². The van der Waals surface area contributed by atoms with E-state index in [9.17, 15) is 19.2 Å². The summed E-state index contributed by atoms with van der Waals surface area (Å²) in [4.78, 5) is 52.1. The van der Waals surface area contributed by atoms with Crippen LogP contribution >= 0.6 is 0 Å². The van der Waals surface area contributed by atoms with Crippen LogP contribution in [-0.4, -0.2) is 36.7 Å². The summed E-state index contributed by atoms with van der Waals surface area (Å²) in [6.45, 7) is -0.248. The molecule has 3 amide bonds. The zero-order chi connectivity index (χ0) is 18.1. The Kier molecular flexibility index (Phi) is 4.43. The zero-order valence-corrected chi connectivity index (χ0v) is 14.1. The number of aromatic nitrogens is 4. The van der Waals surface area contributed by atoms with Crippen molar-refractivity contribution in [1.82, 2.24) is 29.3 Å². The molecule has 0 bridgehead atoms. The third-order valence-electron chi connectivity index (χ3n) is 4.47. The SMILES string of the molecule is Cn1c(=O)c2c(ncn2CC(=O)NC(=O)NC2CCCC2)n(C)c1=O. The number of urea groups is 1. The molecule has 10 heteroatoms. The van der Waals surface area contributed by atoms with E-state index in [1.54, 1.807) is 0 Å². The summed E-state index contributed by atoms with van der Waals surface area (Å²) in [5.41, 5.74) is -0.714. The standard InChI is InChI=1S/C15H20N6O4/c1-19-12-11(13(23)20(2)15(19)25)21(8-16-12)7-10(22)18-14(24)17-9-5-3-4-6-9/h8-9H,3-7H2,1-2H3,(H2,17,18,22,24). The predicted octanol–water partition coefficient (Wildman–Crippen LogP) is -0.798. The van der Waals surface area contributed by atoms with E-state index >= 15 is 0 Å². The molecule has 2 aromatic heterocycles. The molecule has 1 aliphatic rings. The van der Waals surface area contributed by atoms with Crippen molar-refractivity contribution in [1.29, 1.82) is 0 Å². The number of amides is 3. The number of carbonyl (C=O) groups excluding carboxylic acids is 2. The molecule has 10 nitrogen and oxygen atoms in total. The number of carbonyl (C=O) groups is 2. The molecule has 0 spiro atoms. The summed E-state index contributed by atoms with van der Waals surface area (Å²) in [7, 11) is 2.85. The summed E-state index contributed by atoms with van der Waals surface area (Å²) in [6.07, 6.45) is 5.28. The van der Waals surface area contributed by atoms with Crippen molar-refractivity contribution in [2.24, 2.45) is 14.1 Å². The highest BCUT2D eigenvalue weighted by molar-refractivity contribution is 5.94. The van der Waals surface area contributed by atoms with Crippen molar-refractivity contribution in [2.45, 2.75) is 38.3 Å². The number of imide groups is 1. The second-order valence-corrected chi connectivity index (χ2v) is 6.25. The molecule has 3 rings (SSSR count). The molecule has 1 fully saturated rings. The Balaban J connectivity index is 1.76. The molecule has 2 N–H and O–H groups in total. The average molecular weight is 348 g/mol. The van der Waals surface area contributed by atoms with Crippen LogP contribution in [0.25, 0.3) is 11.2 Å². The molecule has 1 saturated carbocycles. The van der Waals surface area contributed by atoms with Crippen LogP contribution in [0.2, 0.25) is 0 Å². The van der Waals surface area contributed by atoms with Crippen molar-refractivity contribution in [3.63, 3.8) is 0 Å². The lowest BCUT2D eigenvalue weighted by molar-refractivity contribution is -0.120. The second kappa shape index (κ2) is 6.54. The Hall–Kier alpha value is -2.91. The number of rotatable bonds is 3. The molecule has 1 aliphatic carbocycles. The Morgan fingerprint density at radius 3 is 2.56 bits per heavy atom. The Bertz CT molecular complexity index is 947. The molecule has 134 valence electrons. The highest BCUT2D eigenvalue weighted by Gasteiger charge is 2.19. The molecule has 2 heterocycles. The van der Waals surface area contributed by atoms with Gasteiger partial charge in [0, 0.05) is 20.1 Å². The minimum Gasteiger partial charge on any atom is -0.335 e. The minimum absolute atomic E-state index is 0.101. The molecule has 0 aromatic carbocycles. The largest absolute Gasteiger partial charge is 0.335 e. The van der Waals surface area contributed by atoms with Crippen LogP contribution in [0.5, 0.6) is 0 Å². The van der Waals surface area contributed by atoms with E-state index in [1.165, 1.54) is 29.6 Å². The van der Waals surface area contributed by atoms with Crippen LogP contribution in [0.15, 0.2) is 15.9 Å². The number of hydrogen-bond acceptors (Lipinski definition) is 5. The highest BCUT2D eigenvalue weighted by Crippen LogP contribution is 2.17. The van der Waals surface area contributed by atoms with Crippen LogP contribution in [0.4, 0.5) is 4.79 Å². The molecule has 0 unspecified atom stereocenters. The summed E-state index contributed by atoms with van der Waals surface area (Å²) in [6, 6.07) is -0.440. The van der Waals surface area contributed by atoms with Crippen molar-refractivity contribution in [3.05, 3.63) is 27.2 Å². The van der Waals surface area contributed by atoms with Gasteiger partial charge < -0.3 is 9.88 Å². The maximum absolute atomic E-state index is 12.3. The Morgan fingerprint density at radius 2 is 1.88 bits per heavy atom. The van der Waals surface area contributed by atoms with Crippen molar-refractivity contribution in [3.8, 4) is 0 Å². The molecular formula is C15H20N6O4. The number of hydrogen-bond donors (Lipinski definition) is 2. The number of imidazole rings is 1. The molecule has 2 aromatic rings. The summed E-state index contributed by atoms with van der Waals surface area (Å²) < 4.78 is 3.51. The van der Waals surface area contributed by atoms with Crippen molar-refractivity contribution in [2.75, 3.05) is 0 Å². The highest BCUT2D eigenvalue weighted by atomic mass is 16.2. The number of fused-ring (bicyclic) bond motifs is 1. The number of aryl methyl sites for hydroxylation is 1. The lowest BCUT2D eigenvalue weighted by Crippen LogP contribution is -2.44. The molecule has 0 saturated heterocycles. The van der Waals surface area contributed by atoms with Gasteiger partial charge in [0.1, 0.15) is 6.54 Å². The van der Waals surface area contributed by atoms with Gasteiger partial charge in [0.05, 0.1) is 6.33 Å². The maximum atomic E-state index is 12.3. The normalized spacial score (nSPS) is 14.8. The molecule has 0 radical (unpaired) electrons. The average Bonchev–Trinajstić information content (AvgIpc) is 3.20. The monoisotopic (exact) mass is 348 g/mol. The predicted molar refractivity (Wildman–Crippen MR) is 89.1 cm³/mol. The van der Waals surface area contributed by atoms with Gasteiger partial charge in [-0.25, -0.2) is 14.6 Å². The minimum atomic E-state index is -0.564. The van der Waals surface area contributed by atoms with Gasteiger partial charge in [-0.05, 0) is 12.8 Å².